The SMILES string of the molecule is CCC(C)N(C(=O)NC1CC1)c1ccccc1. The summed E-state index contributed by atoms with van der Waals surface area (Å²) in [6, 6.07) is 10.5. The average molecular weight is 232 g/mol. The van der Waals surface area contributed by atoms with Crippen LogP contribution in [0.4, 0.5) is 10.5 Å². The Balaban J connectivity index is 2.15. The summed E-state index contributed by atoms with van der Waals surface area (Å²) in [6.07, 6.45) is 3.19. The lowest BCUT2D eigenvalue weighted by Crippen LogP contribution is -2.45. The van der Waals surface area contributed by atoms with E-state index >= 15 is 0 Å². The number of para-hydroxylation sites is 1. The highest BCUT2D eigenvalue weighted by Gasteiger charge is 2.28. The van der Waals surface area contributed by atoms with Gasteiger partial charge in [-0.2, -0.15) is 0 Å². The van der Waals surface area contributed by atoms with Crippen LogP contribution in [0.2, 0.25) is 0 Å². The minimum absolute atomic E-state index is 0.0352. The minimum Gasteiger partial charge on any atom is -0.335 e. The van der Waals surface area contributed by atoms with Crippen molar-refractivity contribution in [2.24, 2.45) is 0 Å². The molecule has 3 nitrogen and oxygen atoms in total. The minimum atomic E-state index is 0.0352. The molecule has 1 saturated carbocycles. The fourth-order valence-corrected chi connectivity index (χ4v) is 1.81. The molecule has 92 valence electrons. The number of carbonyl (C=O) groups excluding carboxylic acids is 1. The van der Waals surface area contributed by atoms with Gasteiger partial charge in [-0.15, -0.1) is 0 Å². The Bertz CT molecular complexity index is 373. The Hall–Kier alpha value is -1.51. The van der Waals surface area contributed by atoms with Gasteiger partial charge in [0.15, 0.2) is 0 Å². The third-order valence-electron chi connectivity index (χ3n) is 3.19. The van der Waals surface area contributed by atoms with Crippen LogP contribution in [0.3, 0.4) is 0 Å². The maximum atomic E-state index is 12.2. The van der Waals surface area contributed by atoms with Crippen LogP contribution in [0.1, 0.15) is 33.1 Å². The summed E-state index contributed by atoms with van der Waals surface area (Å²) in [6.45, 7) is 4.19. The number of urea groups is 1. The van der Waals surface area contributed by atoms with E-state index in [9.17, 15) is 4.79 Å². The summed E-state index contributed by atoms with van der Waals surface area (Å²) in [5.74, 6) is 0. The van der Waals surface area contributed by atoms with Crippen molar-refractivity contribution in [1.29, 1.82) is 0 Å². The Kier molecular flexibility index (Phi) is 3.67. The zero-order valence-electron chi connectivity index (χ0n) is 10.5. The quantitative estimate of drug-likeness (QED) is 0.849. The fraction of sp³-hybridized carbons (Fsp3) is 0.500. The number of hydrogen-bond donors (Lipinski definition) is 1. The largest absolute Gasteiger partial charge is 0.335 e. The van der Waals surface area contributed by atoms with Crippen LogP contribution in [-0.2, 0) is 0 Å². The van der Waals surface area contributed by atoms with Gasteiger partial charge in [0, 0.05) is 17.8 Å². The highest BCUT2D eigenvalue weighted by molar-refractivity contribution is 5.92. The maximum Gasteiger partial charge on any atom is 0.322 e. The number of benzene rings is 1. The van der Waals surface area contributed by atoms with Crippen LogP contribution in [0.5, 0.6) is 0 Å². The van der Waals surface area contributed by atoms with Gasteiger partial charge in [-0.05, 0) is 38.3 Å². The molecule has 1 aromatic carbocycles. The molecule has 0 bridgehead atoms. The first-order chi connectivity index (χ1) is 8.22. The van der Waals surface area contributed by atoms with E-state index in [1.807, 2.05) is 35.2 Å². The van der Waals surface area contributed by atoms with Crippen LogP contribution in [0.15, 0.2) is 30.3 Å². The summed E-state index contributed by atoms with van der Waals surface area (Å²) >= 11 is 0. The molecular formula is C14H20N2O. The van der Waals surface area contributed by atoms with Crippen molar-refractivity contribution in [2.45, 2.75) is 45.2 Å². The summed E-state index contributed by atoms with van der Waals surface area (Å²) < 4.78 is 0. The average Bonchev–Trinajstić information content (AvgIpc) is 3.14. The Morgan fingerprint density at radius 2 is 2.06 bits per heavy atom. The molecule has 1 unspecified atom stereocenters. The van der Waals surface area contributed by atoms with E-state index in [2.05, 4.69) is 19.2 Å². The van der Waals surface area contributed by atoms with Gasteiger partial charge in [0.2, 0.25) is 0 Å². The first-order valence-electron chi connectivity index (χ1n) is 6.37. The van der Waals surface area contributed by atoms with Gasteiger partial charge < -0.3 is 5.32 Å². The molecule has 1 N–H and O–H groups in total. The van der Waals surface area contributed by atoms with Crippen LogP contribution < -0.4 is 10.2 Å². The van der Waals surface area contributed by atoms with Gasteiger partial charge >= 0.3 is 6.03 Å². The Labute approximate surface area is 103 Å². The molecule has 3 heteroatoms. The van der Waals surface area contributed by atoms with Gasteiger partial charge in [-0.3, -0.25) is 4.90 Å². The lowest BCUT2D eigenvalue weighted by atomic mass is 10.2. The molecule has 0 aliphatic heterocycles. The zero-order valence-corrected chi connectivity index (χ0v) is 10.5. The third-order valence-corrected chi connectivity index (χ3v) is 3.19. The predicted molar refractivity (Wildman–Crippen MR) is 70.2 cm³/mol. The smallest absolute Gasteiger partial charge is 0.322 e. The van der Waals surface area contributed by atoms with Crippen molar-refractivity contribution in [3.63, 3.8) is 0 Å². The van der Waals surface area contributed by atoms with Gasteiger partial charge in [0.1, 0.15) is 0 Å². The molecule has 2 rings (SSSR count). The second kappa shape index (κ2) is 5.21. The maximum absolute atomic E-state index is 12.2. The molecule has 1 aliphatic carbocycles. The second-order valence-corrected chi connectivity index (χ2v) is 4.69. The summed E-state index contributed by atoms with van der Waals surface area (Å²) in [5, 5.41) is 3.05. The van der Waals surface area contributed by atoms with Crippen LogP contribution in [0.25, 0.3) is 0 Å². The van der Waals surface area contributed by atoms with Gasteiger partial charge in [-0.25, -0.2) is 4.79 Å². The molecule has 2 amide bonds. The van der Waals surface area contributed by atoms with E-state index in [4.69, 9.17) is 0 Å². The van der Waals surface area contributed by atoms with Crippen LogP contribution >= 0.6 is 0 Å². The number of nitrogens with zero attached hydrogens (tertiary/aromatic N) is 1. The lowest BCUT2D eigenvalue weighted by molar-refractivity contribution is 0.244. The monoisotopic (exact) mass is 232 g/mol. The van der Waals surface area contributed by atoms with E-state index < -0.39 is 0 Å². The number of hydrogen-bond acceptors (Lipinski definition) is 1. The van der Waals surface area contributed by atoms with Gasteiger partial charge in [-0.1, -0.05) is 25.1 Å². The summed E-state index contributed by atoms with van der Waals surface area (Å²) in [7, 11) is 0. The topological polar surface area (TPSA) is 32.3 Å². The molecule has 0 heterocycles. The predicted octanol–water partition coefficient (Wildman–Crippen LogP) is 3.16. The van der Waals surface area contributed by atoms with Crippen LogP contribution in [-0.4, -0.2) is 18.1 Å². The van der Waals surface area contributed by atoms with E-state index in [1.165, 1.54) is 0 Å². The van der Waals surface area contributed by atoms with Crippen molar-refractivity contribution in [3.8, 4) is 0 Å². The Morgan fingerprint density at radius 3 is 2.59 bits per heavy atom. The standard InChI is InChI=1S/C14H20N2O/c1-3-11(2)16(13-7-5-4-6-8-13)14(17)15-12-9-10-12/h4-8,11-12H,3,9-10H2,1-2H3,(H,15,17). The molecule has 0 saturated heterocycles. The highest BCUT2D eigenvalue weighted by atomic mass is 16.2. The lowest BCUT2D eigenvalue weighted by Gasteiger charge is -2.28. The molecule has 0 spiro atoms. The molecule has 1 aliphatic rings. The zero-order chi connectivity index (χ0) is 12.3. The number of amides is 2. The van der Waals surface area contributed by atoms with Crippen molar-refractivity contribution < 1.29 is 4.79 Å². The molecule has 0 aromatic heterocycles. The normalized spacial score (nSPS) is 16.4. The number of nitrogens with one attached hydrogen (secondary N) is 1. The summed E-state index contributed by atoms with van der Waals surface area (Å²) in [5.41, 5.74) is 0.972. The number of anilines is 1. The molecule has 0 radical (unpaired) electrons. The van der Waals surface area contributed by atoms with Crippen molar-refractivity contribution >= 4 is 11.7 Å². The first-order valence-corrected chi connectivity index (χ1v) is 6.37. The van der Waals surface area contributed by atoms with Gasteiger partial charge in [0.05, 0.1) is 0 Å². The molecule has 1 aromatic rings. The molecule has 1 fully saturated rings. The van der Waals surface area contributed by atoms with E-state index in [0.29, 0.717) is 6.04 Å². The van der Waals surface area contributed by atoms with Crippen molar-refractivity contribution in [1.82, 2.24) is 5.32 Å². The first kappa shape index (κ1) is 12.0. The molecule has 17 heavy (non-hydrogen) atoms. The number of carbonyl (C=O) groups is 1. The summed E-state index contributed by atoms with van der Waals surface area (Å²) in [4.78, 5) is 14.1. The van der Waals surface area contributed by atoms with Crippen LogP contribution in [0, 0.1) is 0 Å². The third kappa shape index (κ3) is 2.99. The van der Waals surface area contributed by atoms with E-state index in [1.54, 1.807) is 0 Å². The molecule has 1 atom stereocenters. The van der Waals surface area contributed by atoms with E-state index in [-0.39, 0.29) is 12.1 Å². The number of rotatable bonds is 4. The van der Waals surface area contributed by atoms with Crippen molar-refractivity contribution in [3.05, 3.63) is 30.3 Å². The molecular weight excluding hydrogens is 212 g/mol. The van der Waals surface area contributed by atoms with Crippen molar-refractivity contribution in [2.75, 3.05) is 4.90 Å². The highest BCUT2D eigenvalue weighted by Crippen LogP contribution is 2.22. The van der Waals surface area contributed by atoms with Gasteiger partial charge in [0.25, 0.3) is 0 Å². The second-order valence-electron chi connectivity index (χ2n) is 4.69. The van der Waals surface area contributed by atoms with E-state index in [0.717, 1.165) is 24.9 Å². The fourth-order valence-electron chi connectivity index (χ4n) is 1.81. The Morgan fingerprint density at radius 1 is 1.41 bits per heavy atom.